The smallest absolute Gasteiger partial charge is 0.125 e. The molecule has 18 heavy (non-hydrogen) atoms. The molecule has 2 rings (SSSR count). The SMILES string of the molecule is CC(C)(C)C1CCN(Cc2ccc(F)cc2N)C1. The van der Waals surface area contributed by atoms with Crippen LogP contribution in [-0.2, 0) is 6.54 Å². The van der Waals surface area contributed by atoms with Gasteiger partial charge in [0.1, 0.15) is 5.82 Å². The molecule has 1 atom stereocenters. The van der Waals surface area contributed by atoms with Crippen LogP contribution in [0.3, 0.4) is 0 Å². The maximum atomic E-state index is 13.0. The summed E-state index contributed by atoms with van der Waals surface area (Å²) >= 11 is 0. The highest BCUT2D eigenvalue weighted by atomic mass is 19.1. The van der Waals surface area contributed by atoms with Gasteiger partial charge in [-0.25, -0.2) is 4.39 Å². The van der Waals surface area contributed by atoms with Gasteiger partial charge in [0.15, 0.2) is 0 Å². The number of benzene rings is 1. The van der Waals surface area contributed by atoms with E-state index in [0.29, 0.717) is 11.1 Å². The number of hydrogen-bond donors (Lipinski definition) is 1. The van der Waals surface area contributed by atoms with Crippen molar-refractivity contribution < 1.29 is 4.39 Å². The van der Waals surface area contributed by atoms with Crippen molar-refractivity contribution in [3.05, 3.63) is 29.6 Å². The van der Waals surface area contributed by atoms with Crippen LogP contribution in [0.2, 0.25) is 0 Å². The molecule has 3 heteroatoms. The third-order valence-corrected chi connectivity index (χ3v) is 4.00. The molecule has 0 aliphatic carbocycles. The highest BCUT2D eigenvalue weighted by Crippen LogP contribution is 2.34. The molecule has 0 spiro atoms. The third-order valence-electron chi connectivity index (χ3n) is 4.00. The van der Waals surface area contributed by atoms with Crippen molar-refractivity contribution in [1.82, 2.24) is 4.90 Å². The van der Waals surface area contributed by atoms with Crippen LogP contribution >= 0.6 is 0 Å². The third kappa shape index (κ3) is 3.02. The fourth-order valence-corrected chi connectivity index (χ4v) is 2.63. The molecule has 1 aliphatic heterocycles. The average molecular weight is 250 g/mol. The molecule has 2 N–H and O–H groups in total. The van der Waals surface area contributed by atoms with Crippen LogP contribution in [0.1, 0.15) is 32.8 Å². The molecule has 1 saturated heterocycles. The number of rotatable bonds is 2. The Kier molecular flexibility index (Phi) is 3.62. The predicted molar refractivity (Wildman–Crippen MR) is 73.7 cm³/mol. The number of hydrogen-bond acceptors (Lipinski definition) is 2. The van der Waals surface area contributed by atoms with Crippen molar-refractivity contribution in [2.45, 2.75) is 33.7 Å². The highest BCUT2D eigenvalue weighted by molar-refractivity contribution is 5.46. The molecule has 0 aromatic heterocycles. The number of halogens is 1. The van der Waals surface area contributed by atoms with E-state index >= 15 is 0 Å². The van der Waals surface area contributed by atoms with E-state index in [1.165, 1.54) is 18.6 Å². The van der Waals surface area contributed by atoms with Gasteiger partial charge in [-0.3, -0.25) is 4.90 Å². The zero-order valence-corrected chi connectivity index (χ0v) is 11.5. The average Bonchev–Trinajstić information content (AvgIpc) is 2.70. The Labute approximate surface area is 109 Å². The van der Waals surface area contributed by atoms with Crippen LogP contribution in [0.4, 0.5) is 10.1 Å². The maximum Gasteiger partial charge on any atom is 0.125 e. The summed E-state index contributed by atoms with van der Waals surface area (Å²) in [6.45, 7) is 9.95. The van der Waals surface area contributed by atoms with Gasteiger partial charge < -0.3 is 5.73 Å². The summed E-state index contributed by atoms with van der Waals surface area (Å²) in [7, 11) is 0. The molecule has 2 nitrogen and oxygen atoms in total. The Hall–Kier alpha value is -1.09. The molecule has 1 unspecified atom stereocenters. The Morgan fingerprint density at radius 1 is 1.39 bits per heavy atom. The zero-order valence-electron chi connectivity index (χ0n) is 11.5. The van der Waals surface area contributed by atoms with Crippen molar-refractivity contribution in [3.63, 3.8) is 0 Å². The van der Waals surface area contributed by atoms with E-state index in [0.717, 1.165) is 31.1 Å². The molecule has 1 fully saturated rings. The Balaban J connectivity index is 1.99. The molecule has 1 aromatic carbocycles. The number of anilines is 1. The van der Waals surface area contributed by atoms with Gasteiger partial charge in [0.2, 0.25) is 0 Å². The van der Waals surface area contributed by atoms with Gasteiger partial charge >= 0.3 is 0 Å². The lowest BCUT2D eigenvalue weighted by molar-refractivity contribution is 0.226. The molecular formula is C15H23FN2. The fraction of sp³-hybridized carbons (Fsp3) is 0.600. The van der Waals surface area contributed by atoms with Crippen LogP contribution in [-0.4, -0.2) is 18.0 Å². The second kappa shape index (κ2) is 4.88. The molecule has 0 amide bonds. The first-order valence-corrected chi connectivity index (χ1v) is 6.62. The lowest BCUT2D eigenvalue weighted by Gasteiger charge is -2.27. The first kappa shape index (κ1) is 13.3. The van der Waals surface area contributed by atoms with Crippen LogP contribution in [0, 0.1) is 17.2 Å². The van der Waals surface area contributed by atoms with Gasteiger partial charge in [-0.1, -0.05) is 26.8 Å². The summed E-state index contributed by atoms with van der Waals surface area (Å²) < 4.78 is 13.0. The summed E-state index contributed by atoms with van der Waals surface area (Å²) in [5.74, 6) is 0.476. The van der Waals surface area contributed by atoms with Crippen LogP contribution in [0.5, 0.6) is 0 Å². The normalized spacial score (nSPS) is 21.4. The topological polar surface area (TPSA) is 29.3 Å². The predicted octanol–water partition coefficient (Wildman–Crippen LogP) is 3.28. The van der Waals surface area contributed by atoms with Crippen molar-refractivity contribution in [1.29, 1.82) is 0 Å². The minimum absolute atomic E-state index is 0.259. The van der Waals surface area contributed by atoms with Gasteiger partial charge in [0.25, 0.3) is 0 Å². The summed E-state index contributed by atoms with van der Waals surface area (Å²) in [5.41, 5.74) is 7.81. The molecular weight excluding hydrogens is 227 g/mol. The zero-order chi connectivity index (χ0) is 13.3. The van der Waals surface area contributed by atoms with Crippen LogP contribution < -0.4 is 5.73 Å². The van der Waals surface area contributed by atoms with Crippen molar-refractivity contribution in [2.75, 3.05) is 18.8 Å². The minimum atomic E-state index is -0.259. The van der Waals surface area contributed by atoms with E-state index in [2.05, 4.69) is 25.7 Å². The summed E-state index contributed by atoms with van der Waals surface area (Å²) in [6, 6.07) is 4.70. The second-order valence-corrected chi connectivity index (χ2v) is 6.43. The monoisotopic (exact) mass is 250 g/mol. The quantitative estimate of drug-likeness (QED) is 0.816. The van der Waals surface area contributed by atoms with E-state index in [-0.39, 0.29) is 5.82 Å². The second-order valence-electron chi connectivity index (χ2n) is 6.43. The van der Waals surface area contributed by atoms with Gasteiger partial charge in [-0.05, 0) is 42.0 Å². The van der Waals surface area contributed by atoms with E-state index in [1.807, 2.05) is 0 Å². The molecule has 1 aromatic rings. The number of likely N-dealkylation sites (tertiary alicyclic amines) is 1. The summed E-state index contributed by atoms with van der Waals surface area (Å²) in [5, 5.41) is 0. The first-order chi connectivity index (χ1) is 8.36. The van der Waals surface area contributed by atoms with E-state index in [1.54, 1.807) is 6.07 Å². The Bertz CT molecular complexity index is 423. The minimum Gasteiger partial charge on any atom is -0.398 e. The highest BCUT2D eigenvalue weighted by Gasteiger charge is 2.31. The van der Waals surface area contributed by atoms with Crippen LogP contribution in [0.15, 0.2) is 18.2 Å². The van der Waals surface area contributed by atoms with Gasteiger partial charge in [-0.15, -0.1) is 0 Å². The van der Waals surface area contributed by atoms with Gasteiger partial charge in [0, 0.05) is 18.8 Å². The van der Waals surface area contributed by atoms with E-state index in [9.17, 15) is 4.39 Å². The fourth-order valence-electron chi connectivity index (χ4n) is 2.63. The summed E-state index contributed by atoms with van der Waals surface area (Å²) in [4.78, 5) is 2.42. The van der Waals surface area contributed by atoms with Crippen LogP contribution in [0.25, 0.3) is 0 Å². The molecule has 0 bridgehead atoms. The van der Waals surface area contributed by atoms with Gasteiger partial charge in [0.05, 0.1) is 0 Å². The molecule has 100 valence electrons. The number of nitrogen functional groups attached to an aromatic ring is 1. The maximum absolute atomic E-state index is 13.0. The van der Waals surface area contributed by atoms with Crippen molar-refractivity contribution in [3.8, 4) is 0 Å². The van der Waals surface area contributed by atoms with E-state index in [4.69, 9.17) is 5.73 Å². The lowest BCUT2D eigenvalue weighted by atomic mass is 9.80. The Morgan fingerprint density at radius 2 is 2.11 bits per heavy atom. The van der Waals surface area contributed by atoms with Crippen molar-refractivity contribution in [2.24, 2.45) is 11.3 Å². The van der Waals surface area contributed by atoms with E-state index < -0.39 is 0 Å². The lowest BCUT2D eigenvalue weighted by Crippen LogP contribution is -2.26. The number of nitrogens with two attached hydrogens (primary N) is 1. The number of nitrogens with zero attached hydrogens (tertiary/aromatic N) is 1. The summed E-state index contributed by atoms with van der Waals surface area (Å²) in [6.07, 6.45) is 1.24. The largest absolute Gasteiger partial charge is 0.398 e. The molecule has 0 radical (unpaired) electrons. The molecule has 1 aliphatic rings. The first-order valence-electron chi connectivity index (χ1n) is 6.62. The van der Waals surface area contributed by atoms with Gasteiger partial charge in [-0.2, -0.15) is 0 Å². The van der Waals surface area contributed by atoms with Crippen molar-refractivity contribution >= 4 is 5.69 Å². The Morgan fingerprint density at radius 3 is 2.67 bits per heavy atom. The molecule has 1 heterocycles. The molecule has 0 saturated carbocycles. The standard InChI is InChI=1S/C15H23FN2/c1-15(2,3)12-6-7-18(10-12)9-11-4-5-13(16)8-14(11)17/h4-5,8,12H,6-7,9-10,17H2,1-3H3.